The molecule has 0 bridgehead atoms. The van der Waals surface area contributed by atoms with Crippen LogP contribution >= 0.6 is 23.4 Å². The van der Waals surface area contributed by atoms with E-state index in [1.807, 2.05) is 36.4 Å². The molecule has 0 atom stereocenters. The van der Waals surface area contributed by atoms with Crippen molar-refractivity contribution >= 4 is 23.4 Å². The maximum atomic E-state index is 6.14. The van der Waals surface area contributed by atoms with E-state index in [2.05, 4.69) is 20.3 Å². The first-order valence-electron chi connectivity index (χ1n) is 8.20. The average Bonchev–Trinajstić information content (AvgIpc) is 3.34. The van der Waals surface area contributed by atoms with Gasteiger partial charge in [-0.25, -0.2) is 4.68 Å². The van der Waals surface area contributed by atoms with Crippen LogP contribution in [0.2, 0.25) is 5.02 Å². The van der Waals surface area contributed by atoms with Crippen LogP contribution in [-0.4, -0.2) is 32.1 Å². The van der Waals surface area contributed by atoms with E-state index in [4.69, 9.17) is 26.7 Å². The van der Waals surface area contributed by atoms with E-state index in [0.29, 0.717) is 33.5 Å². The fraction of sp³-hybridized carbons (Fsp3) is 0.111. The summed E-state index contributed by atoms with van der Waals surface area (Å²) in [6.45, 7) is 0. The Morgan fingerprint density at radius 3 is 2.50 bits per heavy atom. The third-order valence-electron chi connectivity index (χ3n) is 3.91. The molecule has 0 spiro atoms. The monoisotopic (exact) mass is 414 g/mol. The quantitative estimate of drug-likeness (QED) is 0.376. The van der Waals surface area contributed by atoms with Crippen LogP contribution in [0.3, 0.4) is 0 Å². The van der Waals surface area contributed by atoms with Gasteiger partial charge >= 0.3 is 0 Å². The second kappa shape index (κ2) is 7.91. The Labute approximate surface area is 169 Å². The number of thioether (sulfide) groups is 1. The molecule has 2 N–H and O–H groups in total. The van der Waals surface area contributed by atoms with Crippen molar-refractivity contribution in [1.82, 2.24) is 25.0 Å². The molecule has 0 saturated heterocycles. The van der Waals surface area contributed by atoms with Crippen LogP contribution in [-0.2, 0) is 5.75 Å². The Morgan fingerprint density at radius 1 is 1.07 bits per heavy atom. The number of ether oxygens (including phenoxy) is 1. The number of methoxy groups -OCH3 is 1. The molecule has 0 unspecified atom stereocenters. The Kier molecular flexibility index (Phi) is 5.18. The van der Waals surface area contributed by atoms with E-state index in [9.17, 15) is 0 Å². The summed E-state index contributed by atoms with van der Waals surface area (Å²) in [6.07, 6.45) is 0. The van der Waals surface area contributed by atoms with Gasteiger partial charge in [-0.05, 0) is 48.5 Å². The third-order valence-corrected chi connectivity index (χ3v) is 5.09. The number of aromatic nitrogens is 5. The molecule has 0 amide bonds. The number of nitrogens with two attached hydrogens (primary N) is 1. The molecule has 2 aromatic heterocycles. The summed E-state index contributed by atoms with van der Waals surface area (Å²) in [5, 5.41) is 13.5. The Bertz CT molecular complexity index is 1080. The zero-order valence-electron chi connectivity index (χ0n) is 14.7. The fourth-order valence-corrected chi connectivity index (χ4v) is 3.29. The molecule has 2 aromatic carbocycles. The van der Waals surface area contributed by atoms with Gasteiger partial charge in [0.25, 0.3) is 0 Å². The van der Waals surface area contributed by atoms with Crippen molar-refractivity contribution in [3.63, 3.8) is 0 Å². The molecule has 142 valence electrons. The minimum absolute atomic E-state index is 0.415. The lowest BCUT2D eigenvalue weighted by atomic mass is 10.2. The molecule has 10 heteroatoms. The highest BCUT2D eigenvalue weighted by molar-refractivity contribution is 7.98. The number of halogens is 1. The summed E-state index contributed by atoms with van der Waals surface area (Å²) in [4.78, 5) is 4.39. The van der Waals surface area contributed by atoms with Crippen LogP contribution in [0.4, 0.5) is 0 Å². The maximum absolute atomic E-state index is 6.14. The van der Waals surface area contributed by atoms with Gasteiger partial charge in [-0.15, -0.1) is 10.2 Å². The topological polar surface area (TPSA) is 105 Å². The number of rotatable bonds is 6. The maximum Gasteiger partial charge on any atom is 0.237 e. The molecule has 0 saturated carbocycles. The van der Waals surface area contributed by atoms with Gasteiger partial charge in [-0.2, -0.15) is 4.98 Å². The van der Waals surface area contributed by atoms with Crippen molar-refractivity contribution in [3.8, 4) is 28.5 Å². The third kappa shape index (κ3) is 3.80. The molecular formula is C18H15ClN6O2S. The summed E-state index contributed by atoms with van der Waals surface area (Å²) in [5.74, 6) is 8.83. The molecule has 28 heavy (non-hydrogen) atoms. The zero-order chi connectivity index (χ0) is 19.5. The molecule has 0 aliphatic rings. The van der Waals surface area contributed by atoms with Gasteiger partial charge in [-0.1, -0.05) is 28.5 Å². The molecule has 8 nitrogen and oxygen atoms in total. The highest BCUT2D eigenvalue weighted by atomic mass is 35.5. The van der Waals surface area contributed by atoms with Crippen molar-refractivity contribution in [2.45, 2.75) is 10.9 Å². The van der Waals surface area contributed by atoms with Gasteiger partial charge in [0.2, 0.25) is 16.9 Å². The number of nitrogen functional groups attached to an aromatic ring is 1. The minimum atomic E-state index is 0.415. The van der Waals surface area contributed by atoms with Crippen LogP contribution in [0.1, 0.15) is 5.89 Å². The van der Waals surface area contributed by atoms with Crippen LogP contribution in [0, 0.1) is 0 Å². The summed E-state index contributed by atoms with van der Waals surface area (Å²) in [5.41, 5.74) is 1.67. The number of benzene rings is 2. The summed E-state index contributed by atoms with van der Waals surface area (Å²) in [7, 11) is 1.62. The number of nitrogens with zero attached hydrogens (tertiary/aromatic N) is 5. The fourth-order valence-electron chi connectivity index (χ4n) is 2.47. The molecule has 0 aliphatic heterocycles. The minimum Gasteiger partial charge on any atom is -0.497 e. The van der Waals surface area contributed by atoms with Gasteiger partial charge in [0.1, 0.15) is 5.75 Å². The predicted molar refractivity (Wildman–Crippen MR) is 106 cm³/mol. The molecule has 0 radical (unpaired) electrons. The lowest BCUT2D eigenvalue weighted by Crippen LogP contribution is -2.11. The highest BCUT2D eigenvalue weighted by Crippen LogP contribution is 2.26. The van der Waals surface area contributed by atoms with Crippen molar-refractivity contribution in [2.75, 3.05) is 13.0 Å². The number of hydrogen-bond acceptors (Lipinski definition) is 8. The SMILES string of the molecule is COc1ccc(-c2nnc(SCc3nc(-c4ccc(Cl)cc4)no3)n2N)cc1. The second-order valence-electron chi connectivity index (χ2n) is 5.71. The first-order valence-corrected chi connectivity index (χ1v) is 9.56. The predicted octanol–water partition coefficient (Wildman–Crippen LogP) is 3.66. The normalized spacial score (nSPS) is 10.9. The molecule has 2 heterocycles. The molecule has 0 fully saturated rings. The highest BCUT2D eigenvalue weighted by Gasteiger charge is 2.15. The van der Waals surface area contributed by atoms with E-state index in [0.717, 1.165) is 16.9 Å². The Morgan fingerprint density at radius 2 is 1.79 bits per heavy atom. The molecular weight excluding hydrogens is 400 g/mol. The lowest BCUT2D eigenvalue weighted by molar-refractivity contribution is 0.391. The molecule has 4 rings (SSSR count). The van der Waals surface area contributed by atoms with Crippen molar-refractivity contribution in [2.24, 2.45) is 0 Å². The first-order chi connectivity index (χ1) is 13.6. The first kappa shape index (κ1) is 18.3. The standard InChI is InChI=1S/C18H15ClN6O2S/c1-26-14-8-4-12(5-9-14)17-22-23-18(25(17)20)28-10-15-21-16(24-27-15)11-2-6-13(19)7-3-11/h2-9H,10,20H2,1H3. The van der Waals surface area contributed by atoms with E-state index < -0.39 is 0 Å². The smallest absolute Gasteiger partial charge is 0.237 e. The van der Waals surface area contributed by atoms with Crippen LogP contribution in [0.5, 0.6) is 5.75 Å². The average molecular weight is 415 g/mol. The number of hydrogen-bond donors (Lipinski definition) is 1. The van der Waals surface area contributed by atoms with Gasteiger partial charge in [0.15, 0.2) is 5.82 Å². The largest absolute Gasteiger partial charge is 0.497 e. The van der Waals surface area contributed by atoms with Gasteiger partial charge in [0.05, 0.1) is 12.9 Å². The van der Waals surface area contributed by atoms with Gasteiger partial charge in [-0.3, -0.25) is 0 Å². The van der Waals surface area contributed by atoms with E-state index in [1.165, 1.54) is 16.4 Å². The molecule has 0 aliphatic carbocycles. The van der Waals surface area contributed by atoms with Crippen LogP contribution in [0.25, 0.3) is 22.8 Å². The van der Waals surface area contributed by atoms with Gasteiger partial charge < -0.3 is 15.1 Å². The second-order valence-corrected chi connectivity index (χ2v) is 7.09. The van der Waals surface area contributed by atoms with Crippen LogP contribution < -0.4 is 10.6 Å². The molecule has 4 aromatic rings. The van der Waals surface area contributed by atoms with E-state index >= 15 is 0 Å². The van der Waals surface area contributed by atoms with Crippen molar-refractivity contribution < 1.29 is 9.26 Å². The summed E-state index contributed by atoms with van der Waals surface area (Å²) < 4.78 is 11.9. The summed E-state index contributed by atoms with van der Waals surface area (Å²) >= 11 is 7.25. The lowest BCUT2D eigenvalue weighted by Gasteiger charge is -2.04. The van der Waals surface area contributed by atoms with Gasteiger partial charge in [0, 0.05) is 16.1 Å². The van der Waals surface area contributed by atoms with E-state index in [1.54, 1.807) is 19.2 Å². The Hall–Kier alpha value is -3.04. The Balaban J connectivity index is 1.45. The van der Waals surface area contributed by atoms with Crippen LogP contribution in [0.15, 0.2) is 58.2 Å². The van der Waals surface area contributed by atoms with Crippen molar-refractivity contribution in [3.05, 3.63) is 59.4 Å². The zero-order valence-corrected chi connectivity index (χ0v) is 16.3. The summed E-state index contributed by atoms with van der Waals surface area (Å²) in [6, 6.07) is 14.7. The van der Waals surface area contributed by atoms with Crippen molar-refractivity contribution in [1.29, 1.82) is 0 Å². The van der Waals surface area contributed by atoms with E-state index in [-0.39, 0.29) is 0 Å².